The quantitative estimate of drug-likeness (QED) is 0.380. The van der Waals surface area contributed by atoms with Gasteiger partial charge in [0.2, 0.25) is 11.8 Å². The molecule has 3 heterocycles. The number of aromatic amines is 1. The molecule has 3 N–H and O–H groups in total. The molecule has 2 aliphatic rings. The molecular weight excluding hydrogens is 494 g/mol. The number of pyridine rings is 1. The first-order chi connectivity index (χ1) is 18.8. The van der Waals surface area contributed by atoms with E-state index in [2.05, 4.69) is 49.3 Å². The number of aromatic nitrogens is 1. The maximum Gasteiger partial charge on any atom is 0.225 e. The molecule has 208 valence electrons. The largest absolute Gasteiger partial charge is 0.354 e. The third kappa shape index (κ3) is 7.02. The number of H-pyrrole nitrogens is 1. The molecular formula is C29H39N7O3. The highest BCUT2D eigenvalue weighted by Gasteiger charge is 2.16. The third-order valence-electron chi connectivity index (χ3n) is 7.87. The van der Waals surface area contributed by atoms with Crippen LogP contribution in [-0.2, 0) is 9.59 Å². The minimum Gasteiger partial charge on any atom is -0.354 e. The molecule has 2 fully saturated rings. The van der Waals surface area contributed by atoms with Crippen LogP contribution in [-0.4, -0.2) is 116 Å². The predicted molar refractivity (Wildman–Crippen MR) is 156 cm³/mol. The molecule has 0 saturated carbocycles. The van der Waals surface area contributed by atoms with Crippen LogP contribution in [0.5, 0.6) is 0 Å². The van der Waals surface area contributed by atoms with Crippen LogP contribution in [0.3, 0.4) is 0 Å². The molecule has 2 amide bonds. The van der Waals surface area contributed by atoms with E-state index in [1.165, 1.54) is 0 Å². The van der Waals surface area contributed by atoms with E-state index in [0.29, 0.717) is 46.0 Å². The number of nitrogens with one attached hydrogen (secondary N) is 3. The summed E-state index contributed by atoms with van der Waals surface area (Å²) < 4.78 is 0. The topological polar surface area (TPSA) is 104 Å². The summed E-state index contributed by atoms with van der Waals surface area (Å²) in [4.78, 5) is 51.1. The number of carbonyl (C=O) groups excluding carboxylic acids is 2. The van der Waals surface area contributed by atoms with Crippen LogP contribution in [0, 0.1) is 0 Å². The second-order valence-corrected chi connectivity index (χ2v) is 10.9. The van der Waals surface area contributed by atoms with E-state index in [1.54, 1.807) is 12.1 Å². The Morgan fingerprint density at radius 3 is 1.51 bits per heavy atom. The van der Waals surface area contributed by atoms with Crippen molar-refractivity contribution in [2.75, 3.05) is 90.2 Å². The van der Waals surface area contributed by atoms with Gasteiger partial charge < -0.3 is 35.2 Å². The Morgan fingerprint density at radius 2 is 1.10 bits per heavy atom. The summed E-state index contributed by atoms with van der Waals surface area (Å²) in [7, 11) is 4.23. The van der Waals surface area contributed by atoms with Crippen molar-refractivity contribution in [2.45, 2.75) is 12.8 Å². The molecule has 0 atom stereocenters. The van der Waals surface area contributed by atoms with Crippen molar-refractivity contribution in [3.8, 4) is 0 Å². The highest BCUT2D eigenvalue weighted by atomic mass is 16.2. The van der Waals surface area contributed by atoms with E-state index in [4.69, 9.17) is 0 Å². The lowest BCUT2D eigenvalue weighted by Gasteiger charge is -2.32. The molecule has 3 aromatic rings. The van der Waals surface area contributed by atoms with Gasteiger partial charge in [0.25, 0.3) is 0 Å². The van der Waals surface area contributed by atoms with Gasteiger partial charge in [-0.3, -0.25) is 14.4 Å². The number of piperazine rings is 2. The summed E-state index contributed by atoms with van der Waals surface area (Å²) in [5.74, 6) is -0.126. The van der Waals surface area contributed by atoms with Crippen LogP contribution in [0.2, 0.25) is 0 Å². The zero-order valence-electron chi connectivity index (χ0n) is 23.0. The molecule has 2 saturated heterocycles. The molecule has 1 aromatic heterocycles. The number of amides is 2. The fraction of sp³-hybridized carbons (Fsp3) is 0.483. The number of benzene rings is 2. The van der Waals surface area contributed by atoms with Crippen LogP contribution >= 0.6 is 0 Å². The van der Waals surface area contributed by atoms with Crippen molar-refractivity contribution in [3.63, 3.8) is 0 Å². The minimum absolute atomic E-state index is 0.0629. The highest BCUT2D eigenvalue weighted by molar-refractivity contribution is 5.99. The number of fused-ring (bicyclic) bond motifs is 2. The molecule has 0 bridgehead atoms. The van der Waals surface area contributed by atoms with E-state index in [0.717, 1.165) is 65.4 Å². The Bertz CT molecular complexity index is 1290. The normalized spacial score (nSPS) is 18.0. The molecule has 10 nitrogen and oxygen atoms in total. The second kappa shape index (κ2) is 12.3. The molecule has 0 radical (unpaired) electrons. The van der Waals surface area contributed by atoms with Crippen LogP contribution in [0.15, 0.2) is 41.2 Å². The first-order valence-electron chi connectivity index (χ1n) is 13.9. The molecule has 2 aliphatic heterocycles. The molecule has 10 heteroatoms. The fourth-order valence-corrected chi connectivity index (χ4v) is 5.24. The Hall–Kier alpha value is -3.31. The van der Waals surface area contributed by atoms with Gasteiger partial charge in [-0.1, -0.05) is 0 Å². The van der Waals surface area contributed by atoms with Crippen molar-refractivity contribution >= 4 is 45.0 Å². The van der Waals surface area contributed by atoms with Crippen molar-refractivity contribution in [1.29, 1.82) is 0 Å². The second-order valence-electron chi connectivity index (χ2n) is 10.9. The average Bonchev–Trinajstić information content (AvgIpc) is 2.93. The van der Waals surface area contributed by atoms with Crippen molar-refractivity contribution in [1.82, 2.24) is 24.6 Å². The van der Waals surface area contributed by atoms with Gasteiger partial charge in [0.05, 0.1) is 0 Å². The van der Waals surface area contributed by atoms with Gasteiger partial charge in [-0.25, -0.2) is 0 Å². The Morgan fingerprint density at radius 1 is 0.692 bits per heavy atom. The summed E-state index contributed by atoms with van der Waals surface area (Å²) >= 11 is 0. The van der Waals surface area contributed by atoms with Gasteiger partial charge in [-0.15, -0.1) is 0 Å². The Balaban J connectivity index is 1.23. The summed E-state index contributed by atoms with van der Waals surface area (Å²) in [5, 5.41) is 6.89. The van der Waals surface area contributed by atoms with Gasteiger partial charge in [0, 0.05) is 111 Å². The lowest BCUT2D eigenvalue weighted by molar-refractivity contribution is -0.117. The van der Waals surface area contributed by atoms with Crippen LogP contribution in [0.25, 0.3) is 21.8 Å². The lowest BCUT2D eigenvalue weighted by atomic mass is 10.1. The number of hydrogen-bond acceptors (Lipinski definition) is 7. The van der Waals surface area contributed by atoms with Crippen LogP contribution in [0.1, 0.15) is 12.8 Å². The standard InChI is InChI=1S/C29H39N7O3/c1-33-11-15-35(16-12-33)9-7-27(37)30-21-3-5-25-23(19-21)29(39)24-20-22(4-6-26(24)32-25)31-28(38)8-10-36-17-13-34(2)14-18-36/h3-6,19-20H,7-18H2,1-2H3,(H,30,37)(H,31,38)(H,32,39). The molecule has 5 rings (SSSR count). The summed E-state index contributed by atoms with van der Waals surface area (Å²) in [6.45, 7) is 9.42. The summed E-state index contributed by atoms with van der Waals surface area (Å²) in [5.41, 5.74) is 2.47. The monoisotopic (exact) mass is 533 g/mol. The summed E-state index contributed by atoms with van der Waals surface area (Å²) in [6.07, 6.45) is 0.821. The van der Waals surface area contributed by atoms with E-state index in [-0.39, 0.29) is 17.2 Å². The van der Waals surface area contributed by atoms with Crippen molar-refractivity contribution in [3.05, 3.63) is 46.6 Å². The number of carbonyl (C=O) groups is 2. The number of likely N-dealkylation sites (N-methyl/N-ethyl adjacent to an activating group) is 2. The van der Waals surface area contributed by atoms with Crippen LogP contribution < -0.4 is 16.1 Å². The van der Waals surface area contributed by atoms with Crippen LogP contribution in [0.4, 0.5) is 11.4 Å². The number of nitrogens with zero attached hydrogens (tertiary/aromatic N) is 4. The fourth-order valence-electron chi connectivity index (χ4n) is 5.24. The van der Waals surface area contributed by atoms with Crippen molar-refractivity contribution < 1.29 is 9.59 Å². The first-order valence-corrected chi connectivity index (χ1v) is 13.9. The first kappa shape index (κ1) is 27.3. The van der Waals surface area contributed by atoms with E-state index in [1.807, 2.05) is 24.3 Å². The average molecular weight is 534 g/mol. The molecule has 2 aromatic carbocycles. The predicted octanol–water partition coefficient (Wildman–Crippen LogP) is 1.83. The Labute approximate surface area is 228 Å². The number of rotatable bonds is 8. The SMILES string of the molecule is CN1CCN(CCC(=O)Nc2ccc3[nH]c4ccc(NC(=O)CCN5CCN(C)CC5)cc4c(=O)c3c2)CC1. The zero-order valence-corrected chi connectivity index (χ0v) is 23.0. The van der Waals surface area contributed by atoms with Gasteiger partial charge in [-0.2, -0.15) is 0 Å². The van der Waals surface area contributed by atoms with E-state index >= 15 is 0 Å². The van der Waals surface area contributed by atoms with E-state index < -0.39 is 0 Å². The van der Waals surface area contributed by atoms with Crippen molar-refractivity contribution in [2.24, 2.45) is 0 Å². The molecule has 0 spiro atoms. The zero-order chi connectivity index (χ0) is 27.4. The smallest absolute Gasteiger partial charge is 0.225 e. The van der Waals surface area contributed by atoms with E-state index in [9.17, 15) is 14.4 Å². The number of anilines is 2. The molecule has 0 unspecified atom stereocenters. The van der Waals surface area contributed by atoms with Gasteiger partial charge >= 0.3 is 0 Å². The highest BCUT2D eigenvalue weighted by Crippen LogP contribution is 2.21. The summed E-state index contributed by atoms with van der Waals surface area (Å²) in [6, 6.07) is 10.7. The van der Waals surface area contributed by atoms with Gasteiger partial charge in [0.1, 0.15) is 0 Å². The van der Waals surface area contributed by atoms with Gasteiger partial charge in [-0.05, 0) is 50.5 Å². The minimum atomic E-state index is -0.138. The Kier molecular flexibility index (Phi) is 8.56. The third-order valence-corrected chi connectivity index (χ3v) is 7.87. The maximum absolute atomic E-state index is 13.4. The molecule has 0 aliphatic carbocycles. The van der Waals surface area contributed by atoms with Gasteiger partial charge in [0.15, 0.2) is 5.43 Å². The molecule has 39 heavy (non-hydrogen) atoms. The maximum atomic E-state index is 13.4. The number of hydrogen-bond donors (Lipinski definition) is 3. The lowest BCUT2D eigenvalue weighted by Crippen LogP contribution is -2.45.